The van der Waals surface area contributed by atoms with Gasteiger partial charge in [0.15, 0.2) is 0 Å². The maximum absolute atomic E-state index is 11.5. The number of hydrogen-bond donors (Lipinski definition) is 2. The van der Waals surface area contributed by atoms with Crippen LogP contribution in [0.4, 0.5) is 0 Å². The Morgan fingerprint density at radius 1 is 1.53 bits per heavy atom. The van der Waals surface area contributed by atoms with Crippen molar-refractivity contribution in [3.8, 4) is 0 Å². The summed E-state index contributed by atoms with van der Waals surface area (Å²) in [6.45, 7) is 0.366. The molecule has 0 fully saturated rings. The van der Waals surface area contributed by atoms with Crippen molar-refractivity contribution in [2.75, 3.05) is 13.6 Å². The molecule has 0 aliphatic carbocycles. The Kier molecular flexibility index (Phi) is 5.03. The van der Waals surface area contributed by atoms with E-state index in [1.807, 2.05) is 6.07 Å². The van der Waals surface area contributed by atoms with E-state index in [1.165, 1.54) is 11.3 Å². The summed E-state index contributed by atoms with van der Waals surface area (Å²) in [4.78, 5) is 22.4. The van der Waals surface area contributed by atoms with Crippen LogP contribution in [0.25, 0.3) is 0 Å². The molecule has 0 radical (unpaired) electrons. The number of hydrogen-bond acceptors (Lipinski definition) is 3. The molecule has 0 spiro atoms. The van der Waals surface area contributed by atoms with Crippen LogP contribution < -0.4 is 10.6 Å². The molecular formula is C9H11IN2O2S. The lowest BCUT2D eigenvalue weighted by molar-refractivity contribution is -0.120. The molecule has 4 nitrogen and oxygen atoms in total. The lowest BCUT2D eigenvalue weighted by Gasteiger charge is -2.02. The van der Waals surface area contributed by atoms with Crippen LogP contribution in [-0.4, -0.2) is 25.4 Å². The summed E-state index contributed by atoms with van der Waals surface area (Å²) >= 11 is 3.69. The highest BCUT2D eigenvalue weighted by atomic mass is 127. The van der Waals surface area contributed by atoms with Gasteiger partial charge >= 0.3 is 0 Å². The average molecular weight is 338 g/mol. The molecule has 0 saturated heterocycles. The van der Waals surface area contributed by atoms with Crippen LogP contribution in [0.1, 0.15) is 16.8 Å². The van der Waals surface area contributed by atoms with E-state index in [-0.39, 0.29) is 11.8 Å². The third-order valence-corrected chi connectivity index (χ3v) is 3.54. The molecule has 0 aliphatic rings. The van der Waals surface area contributed by atoms with Crippen LogP contribution in [0.3, 0.4) is 0 Å². The van der Waals surface area contributed by atoms with E-state index in [4.69, 9.17) is 0 Å². The van der Waals surface area contributed by atoms with Crippen molar-refractivity contribution in [3.63, 3.8) is 0 Å². The monoisotopic (exact) mass is 338 g/mol. The van der Waals surface area contributed by atoms with Crippen molar-refractivity contribution >= 4 is 45.7 Å². The number of rotatable bonds is 4. The minimum absolute atomic E-state index is 0.0739. The van der Waals surface area contributed by atoms with Gasteiger partial charge in [-0.1, -0.05) is 0 Å². The molecule has 0 aromatic carbocycles. The minimum Gasteiger partial charge on any atom is -0.359 e. The Hall–Kier alpha value is -0.630. The molecule has 82 valence electrons. The minimum atomic E-state index is -0.127. The average Bonchev–Trinajstić information content (AvgIpc) is 2.64. The third-order valence-electron chi connectivity index (χ3n) is 1.75. The van der Waals surface area contributed by atoms with Gasteiger partial charge in [0, 0.05) is 25.4 Å². The molecule has 0 saturated carbocycles. The summed E-state index contributed by atoms with van der Waals surface area (Å²) in [7, 11) is 1.57. The normalized spacial score (nSPS) is 9.73. The number of nitrogens with one attached hydrogen (secondary N) is 2. The smallest absolute Gasteiger partial charge is 0.252 e. The Morgan fingerprint density at radius 3 is 2.80 bits per heavy atom. The van der Waals surface area contributed by atoms with Crippen molar-refractivity contribution in [2.45, 2.75) is 6.42 Å². The maximum Gasteiger partial charge on any atom is 0.252 e. The van der Waals surface area contributed by atoms with Crippen LogP contribution in [0, 0.1) is 2.88 Å². The van der Waals surface area contributed by atoms with Gasteiger partial charge in [-0.3, -0.25) is 9.59 Å². The zero-order valence-corrected chi connectivity index (χ0v) is 11.1. The molecule has 1 aromatic rings. The van der Waals surface area contributed by atoms with E-state index in [0.717, 1.165) is 2.88 Å². The predicted octanol–water partition coefficient (Wildman–Crippen LogP) is 1.22. The van der Waals surface area contributed by atoms with Gasteiger partial charge in [0.25, 0.3) is 5.91 Å². The first-order valence-corrected chi connectivity index (χ1v) is 6.32. The summed E-state index contributed by atoms with van der Waals surface area (Å²) in [6, 6.07) is 1.82. The van der Waals surface area contributed by atoms with E-state index in [1.54, 1.807) is 12.4 Å². The fourth-order valence-electron chi connectivity index (χ4n) is 0.946. The molecule has 1 heterocycles. The van der Waals surface area contributed by atoms with Crippen LogP contribution in [0.5, 0.6) is 0 Å². The van der Waals surface area contributed by atoms with Gasteiger partial charge < -0.3 is 10.6 Å². The van der Waals surface area contributed by atoms with E-state index in [0.29, 0.717) is 18.5 Å². The first-order chi connectivity index (χ1) is 7.13. The van der Waals surface area contributed by atoms with E-state index in [9.17, 15) is 9.59 Å². The molecule has 15 heavy (non-hydrogen) atoms. The van der Waals surface area contributed by atoms with Crippen molar-refractivity contribution in [3.05, 3.63) is 19.9 Å². The highest BCUT2D eigenvalue weighted by molar-refractivity contribution is 14.1. The number of thiophene rings is 1. The van der Waals surface area contributed by atoms with Gasteiger partial charge in [-0.15, -0.1) is 11.3 Å². The molecule has 0 aliphatic heterocycles. The van der Waals surface area contributed by atoms with Gasteiger partial charge in [-0.05, 0) is 28.7 Å². The first-order valence-electron chi connectivity index (χ1n) is 4.36. The second-order valence-corrected chi connectivity index (χ2v) is 5.62. The van der Waals surface area contributed by atoms with Crippen molar-refractivity contribution < 1.29 is 9.59 Å². The molecule has 0 bridgehead atoms. The summed E-state index contributed by atoms with van der Waals surface area (Å²) in [5.74, 6) is -0.201. The van der Waals surface area contributed by atoms with E-state index >= 15 is 0 Å². The molecule has 0 atom stereocenters. The zero-order valence-electron chi connectivity index (χ0n) is 8.17. The number of carbonyl (C=O) groups excluding carboxylic acids is 2. The van der Waals surface area contributed by atoms with Crippen molar-refractivity contribution in [2.24, 2.45) is 0 Å². The predicted molar refractivity (Wildman–Crippen MR) is 68.1 cm³/mol. The van der Waals surface area contributed by atoms with Crippen LogP contribution in [0.15, 0.2) is 11.4 Å². The largest absolute Gasteiger partial charge is 0.359 e. The molecular weight excluding hydrogens is 327 g/mol. The molecule has 1 aromatic heterocycles. The van der Waals surface area contributed by atoms with E-state index < -0.39 is 0 Å². The fourth-order valence-corrected chi connectivity index (χ4v) is 2.27. The Labute approximate surface area is 106 Å². The number of halogens is 1. The van der Waals surface area contributed by atoms with E-state index in [2.05, 4.69) is 33.2 Å². The van der Waals surface area contributed by atoms with Gasteiger partial charge in [-0.25, -0.2) is 0 Å². The molecule has 1 rings (SSSR count). The van der Waals surface area contributed by atoms with Crippen LogP contribution in [0.2, 0.25) is 0 Å². The maximum atomic E-state index is 11.5. The highest BCUT2D eigenvalue weighted by Crippen LogP contribution is 2.16. The Morgan fingerprint density at radius 2 is 2.27 bits per heavy atom. The molecule has 2 N–H and O–H groups in total. The zero-order chi connectivity index (χ0) is 11.3. The second kappa shape index (κ2) is 6.06. The highest BCUT2D eigenvalue weighted by Gasteiger charge is 2.07. The first kappa shape index (κ1) is 12.4. The Bertz CT molecular complexity index is 365. The molecule has 6 heteroatoms. The molecule has 2 amide bonds. The van der Waals surface area contributed by atoms with Gasteiger partial charge in [-0.2, -0.15) is 0 Å². The summed E-state index contributed by atoms with van der Waals surface area (Å²) in [5.41, 5.74) is 0.654. The van der Waals surface area contributed by atoms with Gasteiger partial charge in [0.1, 0.15) is 0 Å². The summed E-state index contributed by atoms with van der Waals surface area (Å²) in [5, 5.41) is 6.98. The summed E-state index contributed by atoms with van der Waals surface area (Å²) in [6.07, 6.45) is 0.309. The van der Waals surface area contributed by atoms with Crippen molar-refractivity contribution in [1.29, 1.82) is 0 Å². The fraction of sp³-hybridized carbons (Fsp3) is 0.333. The topological polar surface area (TPSA) is 58.2 Å². The lowest BCUT2D eigenvalue weighted by atomic mass is 10.3. The number of carbonyl (C=O) groups is 2. The van der Waals surface area contributed by atoms with Crippen LogP contribution >= 0.6 is 33.9 Å². The standard InChI is InChI=1S/C9H11IN2O2S/c1-11-8(13)2-3-12-9(14)6-4-7(10)15-5-6/h4-5H,2-3H2,1H3,(H,11,13)(H,12,14). The Balaban J connectivity index is 2.34. The lowest BCUT2D eigenvalue weighted by Crippen LogP contribution is -2.28. The van der Waals surface area contributed by atoms with Gasteiger partial charge in [0.05, 0.1) is 8.45 Å². The quantitative estimate of drug-likeness (QED) is 0.811. The third kappa shape index (κ3) is 4.17. The summed E-state index contributed by atoms with van der Waals surface area (Å²) < 4.78 is 1.07. The molecule has 0 unspecified atom stereocenters. The number of amides is 2. The van der Waals surface area contributed by atoms with Gasteiger partial charge in [0.2, 0.25) is 5.91 Å². The van der Waals surface area contributed by atoms with Crippen LogP contribution in [-0.2, 0) is 4.79 Å². The van der Waals surface area contributed by atoms with Crippen molar-refractivity contribution in [1.82, 2.24) is 10.6 Å². The second-order valence-electron chi connectivity index (χ2n) is 2.82. The SMILES string of the molecule is CNC(=O)CCNC(=O)c1csc(I)c1.